The molecule has 1 aliphatic heterocycles. The average Bonchev–Trinajstić information content (AvgIpc) is 3.28. The molecule has 0 bridgehead atoms. The van der Waals surface area contributed by atoms with Crippen molar-refractivity contribution in [2.75, 3.05) is 26.2 Å². The fraction of sp³-hybridized carbons (Fsp3) is 0.500. The van der Waals surface area contributed by atoms with Crippen LogP contribution in [0, 0.1) is 6.92 Å². The molecule has 0 unspecified atom stereocenters. The third kappa shape index (κ3) is 3.63. The molecule has 3 heterocycles. The summed E-state index contributed by atoms with van der Waals surface area (Å²) >= 11 is 0. The number of hydrogen-bond donors (Lipinski definition) is 0. The maximum atomic E-state index is 13.4. The highest BCUT2D eigenvalue weighted by Crippen LogP contribution is 2.34. The van der Waals surface area contributed by atoms with Gasteiger partial charge < -0.3 is 14.2 Å². The van der Waals surface area contributed by atoms with Crippen molar-refractivity contribution in [3.63, 3.8) is 0 Å². The molecule has 0 spiro atoms. The highest BCUT2D eigenvalue weighted by Gasteiger charge is 2.42. The maximum Gasteiger partial charge on any atom is 0.435 e. The van der Waals surface area contributed by atoms with Gasteiger partial charge in [0.1, 0.15) is 0 Å². The quantitative estimate of drug-likeness (QED) is 0.797. The van der Waals surface area contributed by atoms with Gasteiger partial charge in [-0.1, -0.05) is 0 Å². The highest BCUT2D eigenvalue weighted by atomic mass is 19.4. The Labute approximate surface area is 159 Å². The number of rotatable bonds is 3. The molecule has 3 rings (SSSR count). The molecule has 10 heteroatoms. The Morgan fingerprint density at radius 1 is 1.11 bits per heavy atom. The minimum absolute atomic E-state index is 0.134. The van der Waals surface area contributed by atoms with Gasteiger partial charge in [-0.2, -0.15) is 18.3 Å². The second-order valence-electron chi connectivity index (χ2n) is 6.91. The van der Waals surface area contributed by atoms with Gasteiger partial charge in [-0.15, -0.1) is 0 Å². The van der Waals surface area contributed by atoms with Crippen LogP contribution in [0.25, 0.3) is 0 Å². The van der Waals surface area contributed by atoms with Crippen LogP contribution in [0.2, 0.25) is 0 Å². The monoisotopic (exact) mass is 398 g/mol. The summed E-state index contributed by atoms with van der Waals surface area (Å²) in [6.45, 7) is 5.56. The molecule has 0 aliphatic carbocycles. The number of carbonyl (C=O) groups is 2. The fourth-order valence-electron chi connectivity index (χ4n) is 3.30. The molecule has 152 valence electrons. The predicted molar refractivity (Wildman–Crippen MR) is 92.9 cm³/mol. The first-order chi connectivity index (χ1) is 13.1. The first kappa shape index (κ1) is 20.0. The molecule has 0 atom stereocenters. The molecular weight excluding hydrogens is 377 g/mol. The van der Waals surface area contributed by atoms with Crippen LogP contribution in [-0.2, 0) is 6.18 Å². The lowest BCUT2D eigenvalue weighted by molar-refractivity contribution is -0.142. The minimum atomic E-state index is -4.73. The maximum absolute atomic E-state index is 13.4. The van der Waals surface area contributed by atoms with Crippen LogP contribution in [0.5, 0.6) is 0 Å². The number of hydrogen-bond acceptors (Lipinski definition) is 4. The van der Waals surface area contributed by atoms with Crippen LogP contribution < -0.4 is 0 Å². The third-order valence-electron chi connectivity index (χ3n) is 4.71. The topological polar surface area (TPSA) is 71.6 Å². The molecule has 28 heavy (non-hydrogen) atoms. The zero-order valence-corrected chi connectivity index (χ0v) is 15.8. The van der Waals surface area contributed by atoms with Crippen molar-refractivity contribution < 1.29 is 27.2 Å². The second-order valence-corrected chi connectivity index (χ2v) is 6.91. The van der Waals surface area contributed by atoms with E-state index in [-0.39, 0.29) is 49.6 Å². The molecule has 1 saturated heterocycles. The van der Waals surface area contributed by atoms with E-state index in [9.17, 15) is 22.8 Å². The third-order valence-corrected chi connectivity index (χ3v) is 4.71. The van der Waals surface area contributed by atoms with Gasteiger partial charge in [0, 0.05) is 37.9 Å². The number of amides is 2. The first-order valence-electron chi connectivity index (χ1n) is 8.89. The number of nitrogens with zero attached hydrogens (tertiary/aromatic N) is 4. The Morgan fingerprint density at radius 2 is 1.68 bits per heavy atom. The van der Waals surface area contributed by atoms with E-state index in [1.54, 1.807) is 26.0 Å². The van der Waals surface area contributed by atoms with Crippen molar-refractivity contribution >= 4 is 11.8 Å². The Balaban J connectivity index is 1.79. The van der Waals surface area contributed by atoms with Crippen molar-refractivity contribution in [1.29, 1.82) is 0 Å². The van der Waals surface area contributed by atoms with Crippen LogP contribution in [0.15, 0.2) is 22.8 Å². The Bertz CT molecular complexity index is 864. The standard InChI is InChI=1S/C18H21F3N4O3/c1-11(2)25-12(3)14(15(22-25)18(19,20)21)17(27)24-8-6-23(7-9-24)16(26)13-5-4-10-28-13/h4-5,10-11H,6-9H2,1-3H3. The number of halogens is 3. The van der Waals surface area contributed by atoms with Gasteiger partial charge in [0.2, 0.25) is 0 Å². The Hall–Kier alpha value is -2.78. The summed E-state index contributed by atoms with van der Waals surface area (Å²) in [5, 5.41) is 3.64. The molecule has 0 saturated carbocycles. The van der Waals surface area contributed by atoms with Crippen molar-refractivity contribution in [3.05, 3.63) is 41.1 Å². The summed E-state index contributed by atoms with van der Waals surface area (Å²) in [5.41, 5.74) is -1.41. The minimum Gasteiger partial charge on any atom is -0.459 e. The van der Waals surface area contributed by atoms with Gasteiger partial charge >= 0.3 is 6.18 Å². The Morgan fingerprint density at radius 3 is 2.14 bits per heavy atom. The van der Waals surface area contributed by atoms with E-state index in [4.69, 9.17) is 4.42 Å². The van der Waals surface area contributed by atoms with E-state index < -0.39 is 23.3 Å². The number of furan rings is 1. The molecule has 1 fully saturated rings. The van der Waals surface area contributed by atoms with Crippen LogP contribution in [0.3, 0.4) is 0 Å². The molecule has 2 amide bonds. The highest BCUT2D eigenvalue weighted by molar-refractivity contribution is 5.97. The summed E-state index contributed by atoms with van der Waals surface area (Å²) in [7, 11) is 0. The lowest BCUT2D eigenvalue weighted by Gasteiger charge is -2.34. The molecule has 2 aromatic heterocycles. The predicted octanol–water partition coefficient (Wildman–Crippen LogP) is 2.98. The lowest BCUT2D eigenvalue weighted by Crippen LogP contribution is -2.50. The van der Waals surface area contributed by atoms with E-state index in [1.165, 1.54) is 27.7 Å². The normalized spacial score (nSPS) is 15.4. The van der Waals surface area contributed by atoms with Gasteiger partial charge in [-0.25, -0.2) is 0 Å². The fourth-order valence-corrected chi connectivity index (χ4v) is 3.30. The first-order valence-corrected chi connectivity index (χ1v) is 8.89. The molecule has 2 aromatic rings. The molecular formula is C18H21F3N4O3. The number of carbonyl (C=O) groups excluding carboxylic acids is 2. The van der Waals surface area contributed by atoms with Crippen molar-refractivity contribution in [3.8, 4) is 0 Å². The second kappa shape index (κ2) is 7.33. The molecule has 7 nitrogen and oxygen atoms in total. The Kier molecular flexibility index (Phi) is 5.22. The van der Waals surface area contributed by atoms with Gasteiger partial charge in [0.15, 0.2) is 11.5 Å². The van der Waals surface area contributed by atoms with E-state index in [0.717, 1.165) is 0 Å². The van der Waals surface area contributed by atoms with Gasteiger partial charge in [-0.3, -0.25) is 14.3 Å². The van der Waals surface area contributed by atoms with Crippen molar-refractivity contribution in [1.82, 2.24) is 19.6 Å². The largest absolute Gasteiger partial charge is 0.459 e. The summed E-state index contributed by atoms with van der Waals surface area (Å²) < 4.78 is 46.6. The average molecular weight is 398 g/mol. The summed E-state index contributed by atoms with van der Waals surface area (Å²) in [6, 6.07) is 2.82. The summed E-state index contributed by atoms with van der Waals surface area (Å²) in [4.78, 5) is 28.0. The van der Waals surface area contributed by atoms with E-state index in [2.05, 4.69) is 5.10 Å². The van der Waals surface area contributed by atoms with Gasteiger partial charge in [-0.05, 0) is 32.9 Å². The molecule has 0 aromatic carbocycles. The lowest BCUT2D eigenvalue weighted by atomic mass is 10.1. The molecule has 1 aliphatic rings. The smallest absolute Gasteiger partial charge is 0.435 e. The number of alkyl halides is 3. The van der Waals surface area contributed by atoms with Crippen molar-refractivity contribution in [2.45, 2.75) is 33.0 Å². The van der Waals surface area contributed by atoms with E-state index >= 15 is 0 Å². The van der Waals surface area contributed by atoms with E-state index in [1.807, 2.05) is 0 Å². The van der Waals surface area contributed by atoms with Gasteiger partial charge in [0.05, 0.1) is 11.8 Å². The van der Waals surface area contributed by atoms with Crippen LogP contribution in [0.4, 0.5) is 13.2 Å². The summed E-state index contributed by atoms with van der Waals surface area (Å²) in [5.74, 6) is -0.841. The van der Waals surface area contributed by atoms with Crippen LogP contribution in [-0.4, -0.2) is 57.6 Å². The zero-order chi connectivity index (χ0) is 20.6. The molecule has 0 N–H and O–H groups in total. The molecule has 0 radical (unpaired) electrons. The van der Waals surface area contributed by atoms with Crippen LogP contribution >= 0.6 is 0 Å². The van der Waals surface area contributed by atoms with Crippen molar-refractivity contribution in [2.24, 2.45) is 0 Å². The van der Waals surface area contributed by atoms with Crippen LogP contribution in [0.1, 0.15) is 52.2 Å². The zero-order valence-electron chi connectivity index (χ0n) is 15.8. The summed E-state index contributed by atoms with van der Waals surface area (Å²) in [6.07, 6.45) is -3.34. The van der Waals surface area contributed by atoms with Gasteiger partial charge in [0.25, 0.3) is 11.8 Å². The SMILES string of the molecule is Cc1c(C(=O)N2CCN(C(=O)c3ccco3)CC2)c(C(F)(F)F)nn1C(C)C. The van der Waals surface area contributed by atoms with E-state index in [0.29, 0.717) is 0 Å². The number of piperazine rings is 1. The number of aromatic nitrogens is 2.